The molecule has 0 aliphatic heterocycles. The number of anilines is 1. The minimum atomic E-state index is -1.01. The summed E-state index contributed by atoms with van der Waals surface area (Å²) >= 11 is 3.38. The van der Waals surface area contributed by atoms with E-state index in [0.717, 1.165) is 22.2 Å². The predicted octanol–water partition coefficient (Wildman–Crippen LogP) is 4.37. The Morgan fingerprint density at radius 3 is 2.32 bits per heavy atom. The summed E-state index contributed by atoms with van der Waals surface area (Å²) in [7, 11) is 0. The molecule has 2 amide bonds. The molecule has 3 rings (SSSR count). The number of carbonyl (C=O) groups is 2. The average molecular weight is 491 g/mol. The molecule has 0 saturated heterocycles. The number of benzene rings is 2. The van der Waals surface area contributed by atoms with Gasteiger partial charge < -0.3 is 10.6 Å². The zero-order valence-electron chi connectivity index (χ0n) is 16.9. The summed E-state index contributed by atoms with van der Waals surface area (Å²) in [5, 5.41) is 9.40. The Morgan fingerprint density at radius 2 is 1.71 bits per heavy atom. The summed E-state index contributed by atoms with van der Waals surface area (Å²) in [6.07, 6.45) is 1.55. The molecule has 0 saturated carbocycles. The zero-order chi connectivity index (χ0) is 22.5. The smallest absolute Gasteiger partial charge is 0.257 e. The number of hydrogen-bond donors (Lipinski definition) is 2. The van der Waals surface area contributed by atoms with Crippen LogP contribution in [0.5, 0.6) is 0 Å². The van der Waals surface area contributed by atoms with E-state index in [2.05, 4.69) is 31.7 Å². The van der Waals surface area contributed by atoms with E-state index in [1.54, 1.807) is 30.8 Å². The third-order valence-electron chi connectivity index (χ3n) is 4.64. The Morgan fingerprint density at radius 1 is 1.06 bits per heavy atom. The second-order valence-electron chi connectivity index (χ2n) is 7.28. The molecule has 6 nitrogen and oxygen atoms in total. The number of hydrogen-bond acceptors (Lipinski definition) is 3. The van der Waals surface area contributed by atoms with Crippen LogP contribution in [-0.2, 0) is 11.3 Å². The van der Waals surface area contributed by atoms with Crippen molar-refractivity contribution in [2.75, 3.05) is 5.32 Å². The number of carbonyl (C=O) groups excluding carboxylic acids is 2. The van der Waals surface area contributed by atoms with Crippen LogP contribution in [0.2, 0.25) is 0 Å². The van der Waals surface area contributed by atoms with Gasteiger partial charge in [-0.25, -0.2) is 13.5 Å². The second kappa shape index (κ2) is 9.82. The van der Waals surface area contributed by atoms with Gasteiger partial charge in [-0.1, -0.05) is 48.0 Å². The van der Waals surface area contributed by atoms with E-state index in [4.69, 9.17) is 0 Å². The lowest BCUT2D eigenvalue weighted by Crippen LogP contribution is -2.47. The molecular weight excluding hydrogens is 470 g/mol. The first-order valence-electron chi connectivity index (χ1n) is 9.58. The van der Waals surface area contributed by atoms with Gasteiger partial charge in [-0.05, 0) is 35.7 Å². The first-order valence-corrected chi connectivity index (χ1v) is 10.4. The SMILES string of the molecule is CC(C)C(NC(=O)c1c(F)cccc1F)C(=O)Nc1ccnn1Cc1ccc(Br)cc1. The van der Waals surface area contributed by atoms with E-state index in [9.17, 15) is 18.4 Å². The predicted molar refractivity (Wildman–Crippen MR) is 117 cm³/mol. The molecule has 9 heteroatoms. The summed E-state index contributed by atoms with van der Waals surface area (Å²) in [5.41, 5.74) is 0.257. The third kappa shape index (κ3) is 5.55. The molecule has 0 aliphatic carbocycles. The average Bonchev–Trinajstić information content (AvgIpc) is 3.14. The van der Waals surface area contributed by atoms with Crippen LogP contribution >= 0.6 is 15.9 Å². The van der Waals surface area contributed by atoms with Gasteiger partial charge in [0.15, 0.2) is 0 Å². The quantitative estimate of drug-likeness (QED) is 0.516. The molecule has 1 unspecified atom stereocenters. The van der Waals surface area contributed by atoms with Gasteiger partial charge in [-0.15, -0.1) is 0 Å². The van der Waals surface area contributed by atoms with Gasteiger partial charge in [0.25, 0.3) is 5.91 Å². The van der Waals surface area contributed by atoms with Crippen LogP contribution in [0, 0.1) is 17.6 Å². The summed E-state index contributed by atoms with van der Waals surface area (Å²) in [5.74, 6) is -3.39. The summed E-state index contributed by atoms with van der Waals surface area (Å²) in [6, 6.07) is 11.4. The van der Waals surface area contributed by atoms with Crippen LogP contribution in [0.4, 0.5) is 14.6 Å². The molecule has 162 valence electrons. The highest BCUT2D eigenvalue weighted by atomic mass is 79.9. The topological polar surface area (TPSA) is 76.0 Å². The fourth-order valence-electron chi connectivity index (χ4n) is 2.99. The number of amides is 2. The van der Waals surface area contributed by atoms with Gasteiger partial charge in [0.1, 0.15) is 29.1 Å². The fraction of sp³-hybridized carbons (Fsp3) is 0.227. The van der Waals surface area contributed by atoms with E-state index in [1.807, 2.05) is 24.3 Å². The number of rotatable bonds is 7. The maximum Gasteiger partial charge on any atom is 0.257 e. The Labute approximate surface area is 186 Å². The molecule has 1 heterocycles. The molecule has 0 fully saturated rings. The van der Waals surface area contributed by atoms with E-state index >= 15 is 0 Å². The van der Waals surface area contributed by atoms with Gasteiger partial charge in [0, 0.05) is 10.5 Å². The first kappa shape index (κ1) is 22.6. The van der Waals surface area contributed by atoms with Crippen LogP contribution in [-0.4, -0.2) is 27.6 Å². The van der Waals surface area contributed by atoms with Crippen LogP contribution in [0.1, 0.15) is 29.8 Å². The number of halogens is 3. The van der Waals surface area contributed by atoms with E-state index in [-0.39, 0.29) is 5.92 Å². The van der Waals surface area contributed by atoms with Gasteiger partial charge in [0.2, 0.25) is 5.91 Å². The molecule has 0 bridgehead atoms. The largest absolute Gasteiger partial charge is 0.340 e. The lowest BCUT2D eigenvalue weighted by molar-refractivity contribution is -0.118. The van der Waals surface area contributed by atoms with Crippen LogP contribution in [0.15, 0.2) is 59.2 Å². The van der Waals surface area contributed by atoms with Crippen molar-refractivity contribution in [1.29, 1.82) is 0 Å². The monoisotopic (exact) mass is 490 g/mol. The Hall–Kier alpha value is -3.07. The Kier molecular flexibility index (Phi) is 7.17. The highest BCUT2D eigenvalue weighted by molar-refractivity contribution is 9.10. The van der Waals surface area contributed by atoms with Gasteiger partial charge in [-0.3, -0.25) is 9.59 Å². The van der Waals surface area contributed by atoms with Crippen LogP contribution in [0.3, 0.4) is 0 Å². The van der Waals surface area contributed by atoms with Crippen molar-refractivity contribution in [2.24, 2.45) is 5.92 Å². The van der Waals surface area contributed by atoms with Crippen molar-refractivity contribution in [1.82, 2.24) is 15.1 Å². The number of nitrogens with zero attached hydrogens (tertiary/aromatic N) is 2. The molecule has 3 aromatic rings. The van der Waals surface area contributed by atoms with Crippen molar-refractivity contribution in [3.05, 3.63) is 82.0 Å². The fourth-order valence-corrected chi connectivity index (χ4v) is 3.26. The van der Waals surface area contributed by atoms with Crippen molar-refractivity contribution in [2.45, 2.75) is 26.4 Å². The highest BCUT2D eigenvalue weighted by Gasteiger charge is 2.28. The molecule has 0 spiro atoms. The molecule has 1 atom stereocenters. The minimum absolute atomic E-state index is 0.332. The molecule has 31 heavy (non-hydrogen) atoms. The van der Waals surface area contributed by atoms with Gasteiger partial charge in [0.05, 0.1) is 12.7 Å². The maximum absolute atomic E-state index is 13.9. The number of nitrogens with one attached hydrogen (secondary N) is 2. The van der Waals surface area contributed by atoms with Crippen molar-refractivity contribution in [3.8, 4) is 0 Å². The first-order chi connectivity index (χ1) is 14.8. The van der Waals surface area contributed by atoms with Crippen molar-refractivity contribution >= 4 is 33.6 Å². The molecule has 2 N–H and O–H groups in total. The molecule has 0 aliphatic rings. The van der Waals surface area contributed by atoms with Crippen molar-refractivity contribution in [3.63, 3.8) is 0 Å². The lowest BCUT2D eigenvalue weighted by atomic mass is 10.0. The third-order valence-corrected chi connectivity index (χ3v) is 5.17. The summed E-state index contributed by atoms with van der Waals surface area (Å²) in [4.78, 5) is 25.3. The Balaban J connectivity index is 1.74. The second-order valence-corrected chi connectivity index (χ2v) is 8.20. The summed E-state index contributed by atoms with van der Waals surface area (Å²) < 4.78 is 30.4. The van der Waals surface area contributed by atoms with Gasteiger partial charge in [-0.2, -0.15) is 5.10 Å². The maximum atomic E-state index is 13.9. The van der Waals surface area contributed by atoms with E-state index < -0.39 is 35.1 Å². The van der Waals surface area contributed by atoms with Crippen LogP contribution in [0.25, 0.3) is 0 Å². The zero-order valence-corrected chi connectivity index (χ0v) is 18.5. The highest BCUT2D eigenvalue weighted by Crippen LogP contribution is 2.16. The lowest BCUT2D eigenvalue weighted by Gasteiger charge is -2.22. The Bertz CT molecular complexity index is 1060. The molecule has 0 radical (unpaired) electrons. The molecule has 1 aromatic heterocycles. The van der Waals surface area contributed by atoms with Gasteiger partial charge >= 0.3 is 0 Å². The van der Waals surface area contributed by atoms with Crippen molar-refractivity contribution < 1.29 is 18.4 Å². The summed E-state index contributed by atoms with van der Waals surface area (Å²) in [6.45, 7) is 3.87. The standard InChI is InChI=1S/C22H21BrF2N4O2/c1-13(2)20(28-21(30)19-16(24)4-3-5-17(19)25)22(31)27-18-10-11-26-29(18)12-14-6-8-15(23)9-7-14/h3-11,13,20H,12H2,1-2H3,(H,27,31)(H,28,30). The van der Waals surface area contributed by atoms with Crippen LogP contribution < -0.4 is 10.6 Å². The number of aromatic nitrogens is 2. The molecular formula is C22H21BrF2N4O2. The minimum Gasteiger partial charge on any atom is -0.340 e. The van der Waals surface area contributed by atoms with E-state index in [1.165, 1.54) is 6.07 Å². The normalized spacial score (nSPS) is 11.9. The van der Waals surface area contributed by atoms with E-state index in [0.29, 0.717) is 12.4 Å². The molecule has 2 aromatic carbocycles.